The largest absolute Gasteiger partial charge is 0.383 e. The molecular formula is C16H28N2O3. The molecule has 2 rings (SSSR count). The normalized spacial score (nSPS) is 24.3. The molecule has 2 fully saturated rings. The summed E-state index contributed by atoms with van der Waals surface area (Å²) in [5, 5.41) is 0. The van der Waals surface area contributed by atoms with Gasteiger partial charge in [0.1, 0.15) is 6.04 Å². The molecule has 1 aliphatic heterocycles. The van der Waals surface area contributed by atoms with E-state index in [1.165, 1.54) is 6.42 Å². The lowest BCUT2D eigenvalue weighted by molar-refractivity contribution is -0.189. The van der Waals surface area contributed by atoms with Gasteiger partial charge in [-0.25, -0.2) is 0 Å². The summed E-state index contributed by atoms with van der Waals surface area (Å²) in [7, 11) is 3.44. The number of carbonyl (C=O) groups excluding carboxylic acids is 2. The van der Waals surface area contributed by atoms with Crippen LogP contribution in [0.5, 0.6) is 0 Å². The molecule has 5 nitrogen and oxygen atoms in total. The number of rotatable bonds is 5. The number of likely N-dealkylation sites (tertiary alicyclic amines) is 1. The molecule has 0 radical (unpaired) electrons. The molecule has 1 spiro atoms. The van der Waals surface area contributed by atoms with E-state index >= 15 is 0 Å². The lowest BCUT2D eigenvalue weighted by Gasteiger charge is -2.59. The van der Waals surface area contributed by atoms with Gasteiger partial charge in [0.2, 0.25) is 11.8 Å². The Morgan fingerprint density at radius 2 is 2.00 bits per heavy atom. The third-order valence-corrected chi connectivity index (χ3v) is 5.01. The number of amides is 2. The van der Waals surface area contributed by atoms with Gasteiger partial charge < -0.3 is 14.5 Å². The van der Waals surface area contributed by atoms with Crippen molar-refractivity contribution in [1.82, 2.24) is 9.80 Å². The maximum atomic E-state index is 12.8. The summed E-state index contributed by atoms with van der Waals surface area (Å²) < 4.78 is 5.05. The molecule has 0 N–H and O–H groups in total. The Morgan fingerprint density at radius 1 is 1.38 bits per heavy atom. The van der Waals surface area contributed by atoms with E-state index in [1.807, 2.05) is 13.8 Å². The van der Waals surface area contributed by atoms with E-state index in [2.05, 4.69) is 0 Å². The van der Waals surface area contributed by atoms with E-state index in [4.69, 9.17) is 4.74 Å². The molecule has 120 valence electrons. The van der Waals surface area contributed by atoms with Crippen molar-refractivity contribution in [2.45, 2.75) is 58.0 Å². The van der Waals surface area contributed by atoms with Crippen LogP contribution >= 0.6 is 0 Å². The highest BCUT2D eigenvalue weighted by Gasteiger charge is 2.64. The molecule has 0 bridgehead atoms. The summed E-state index contributed by atoms with van der Waals surface area (Å²) >= 11 is 0. The summed E-state index contributed by atoms with van der Waals surface area (Å²) in [6.45, 7) is 5.08. The monoisotopic (exact) mass is 296 g/mol. The minimum atomic E-state index is -0.416. The molecule has 1 saturated carbocycles. The summed E-state index contributed by atoms with van der Waals surface area (Å²) in [6, 6.07) is -0.193. The smallest absolute Gasteiger partial charge is 0.246 e. The number of nitrogens with zero attached hydrogens (tertiary/aromatic N) is 2. The first kappa shape index (κ1) is 16.3. The van der Waals surface area contributed by atoms with E-state index in [9.17, 15) is 9.59 Å². The molecule has 5 heteroatoms. The fourth-order valence-corrected chi connectivity index (χ4v) is 3.80. The van der Waals surface area contributed by atoms with Crippen molar-refractivity contribution < 1.29 is 14.3 Å². The molecule has 2 aliphatic rings. The van der Waals surface area contributed by atoms with Crippen LogP contribution in [0.2, 0.25) is 0 Å². The van der Waals surface area contributed by atoms with Gasteiger partial charge in [0.15, 0.2) is 0 Å². The van der Waals surface area contributed by atoms with E-state index in [0.717, 1.165) is 25.7 Å². The molecule has 0 aromatic heterocycles. The fourth-order valence-electron chi connectivity index (χ4n) is 3.80. The SMILES string of the molecule is COCCN(C)C(=O)C1N(C(C)C)C(=O)C12CCCCC2. The van der Waals surface area contributed by atoms with Gasteiger partial charge in [-0.3, -0.25) is 9.59 Å². The molecule has 1 heterocycles. The predicted octanol–water partition coefficient (Wildman–Crippen LogP) is 1.66. The standard InChI is InChI=1S/C16H28N2O3/c1-12(2)18-13(14(19)17(3)10-11-21-4)16(15(18)20)8-6-5-7-9-16/h12-13H,5-11H2,1-4H3. The van der Waals surface area contributed by atoms with Crippen LogP contribution < -0.4 is 0 Å². The lowest BCUT2D eigenvalue weighted by Crippen LogP contribution is -2.75. The molecule has 0 aromatic carbocycles. The molecule has 2 amide bonds. The molecule has 1 unspecified atom stereocenters. The van der Waals surface area contributed by atoms with Crippen molar-refractivity contribution >= 4 is 11.8 Å². The van der Waals surface area contributed by atoms with Crippen molar-refractivity contribution in [2.24, 2.45) is 5.41 Å². The second kappa shape index (κ2) is 6.34. The van der Waals surface area contributed by atoms with Gasteiger partial charge in [-0.05, 0) is 26.7 Å². The number of likely N-dealkylation sites (N-methyl/N-ethyl adjacent to an activating group) is 1. The first-order chi connectivity index (χ1) is 9.95. The van der Waals surface area contributed by atoms with Crippen molar-refractivity contribution in [3.8, 4) is 0 Å². The first-order valence-corrected chi connectivity index (χ1v) is 8.02. The van der Waals surface area contributed by atoms with Gasteiger partial charge in [-0.1, -0.05) is 19.3 Å². The molecule has 1 aliphatic carbocycles. The van der Waals surface area contributed by atoms with Crippen LogP contribution in [0.3, 0.4) is 0 Å². The minimum absolute atomic E-state index is 0.0715. The topological polar surface area (TPSA) is 49.9 Å². The Bertz CT molecular complexity index is 402. The molecule has 0 aromatic rings. The zero-order valence-corrected chi connectivity index (χ0v) is 13.7. The number of carbonyl (C=O) groups is 2. The predicted molar refractivity (Wildman–Crippen MR) is 80.8 cm³/mol. The highest BCUT2D eigenvalue weighted by molar-refractivity contribution is 6.02. The first-order valence-electron chi connectivity index (χ1n) is 8.02. The lowest BCUT2D eigenvalue weighted by atomic mass is 9.61. The zero-order valence-electron chi connectivity index (χ0n) is 13.7. The summed E-state index contributed by atoms with van der Waals surface area (Å²) in [4.78, 5) is 29.0. The second-order valence-electron chi connectivity index (χ2n) is 6.68. The summed E-state index contributed by atoms with van der Waals surface area (Å²) in [6.07, 6.45) is 5.02. The maximum absolute atomic E-state index is 12.8. The van der Waals surface area contributed by atoms with E-state index in [0.29, 0.717) is 13.2 Å². The number of hydrogen-bond acceptors (Lipinski definition) is 3. The van der Waals surface area contributed by atoms with Crippen LogP contribution in [0.1, 0.15) is 46.0 Å². The number of β-lactam (4-membered cyclic amide) rings is 1. The third kappa shape index (κ3) is 2.68. The van der Waals surface area contributed by atoms with E-state index in [-0.39, 0.29) is 23.9 Å². The Balaban J connectivity index is 2.18. The van der Waals surface area contributed by atoms with Crippen LogP contribution in [-0.4, -0.2) is 61.0 Å². The van der Waals surface area contributed by atoms with Gasteiger partial charge in [0.05, 0.1) is 12.0 Å². The molecule has 1 saturated heterocycles. The quantitative estimate of drug-likeness (QED) is 0.725. The van der Waals surface area contributed by atoms with Gasteiger partial charge in [-0.15, -0.1) is 0 Å². The van der Waals surface area contributed by atoms with Crippen molar-refractivity contribution in [3.63, 3.8) is 0 Å². The maximum Gasteiger partial charge on any atom is 0.246 e. The van der Waals surface area contributed by atoms with Gasteiger partial charge >= 0.3 is 0 Å². The fraction of sp³-hybridized carbons (Fsp3) is 0.875. The molecule has 21 heavy (non-hydrogen) atoms. The Kier molecular flexibility index (Phi) is 4.91. The van der Waals surface area contributed by atoms with E-state index < -0.39 is 5.41 Å². The Morgan fingerprint density at radius 3 is 2.52 bits per heavy atom. The average Bonchev–Trinajstić information content (AvgIpc) is 2.49. The highest BCUT2D eigenvalue weighted by Crippen LogP contribution is 2.51. The Labute approximate surface area is 127 Å². The van der Waals surface area contributed by atoms with E-state index in [1.54, 1.807) is 24.0 Å². The van der Waals surface area contributed by atoms with Crippen LogP contribution in [-0.2, 0) is 14.3 Å². The summed E-state index contributed by atoms with van der Waals surface area (Å²) in [5.41, 5.74) is -0.416. The third-order valence-electron chi connectivity index (χ3n) is 5.01. The highest BCUT2D eigenvalue weighted by atomic mass is 16.5. The second-order valence-corrected chi connectivity index (χ2v) is 6.68. The van der Waals surface area contributed by atoms with Crippen molar-refractivity contribution in [2.75, 3.05) is 27.3 Å². The number of hydrogen-bond donors (Lipinski definition) is 0. The number of methoxy groups -OCH3 is 1. The van der Waals surface area contributed by atoms with Crippen LogP contribution in [0.4, 0.5) is 0 Å². The zero-order chi connectivity index (χ0) is 15.6. The van der Waals surface area contributed by atoms with Gasteiger partial charge in [-0.2, -0.15) is 0 Å². The molecule has 1 atom stereocenters. The van der Waals surface area contributed by atoms with Crippen molar-refractivity contribution in [1.29, 1.82) is 0 Å². The number of ether oxygens (including phenoxy) is 1. The van der Waals surface area contributed by atoms with Crippen LogP contribution in [0.25, 0.3) is 0 Å². The van der Waals surface area contributed by atoms with Gasteiger partial charge in [0.25, 0.3) is 0 Å². The summed E-state index contributed by atoms with van der Waals surface area (Å²) in [5.74, 6) is 0.262. The average molecular weight is 296 g/mol. The minimum Gasteiger partial charge on any atom is -0.383 e. The Hall–Kier alpha value is -1.10. The van der Waals surface area contributed by atoms with Crippen molar-refractivity contribution in [3.05, 3.63) is 0 Å². The van der Waals surface area contributed by atoms with Crippen LogP contribution in [0, 0.1) is 5.41 Å². The van der Waals surface area contributed by atoms with Crippen LogP contribution in [0.15, 0.2) is 0 Å². The van der Waals surface area contributed by atoms with Gasteiger partial charge in [0, 0.05) is 26.7 Å². The molecular weight excluding hydrogens is 268 g/mol.